The van der Waals surface area contributed by atoms with Crippen LogP contribution in [0, 0.1) is 5.41 Å². The van der Waals surface area contributed by atoms with Gasteiger partial charge in [-0.05, 0) is 43.0 Å². The summed E-state index contributed by atoms with van der Waals surface area (Å²) < 4.78 is 6.95. The Bertz CT molecular complexity index is 394. The van der Waals surface area contributed by atoms with Gasteiger partial charge in [0, 0.05) is 6.08 Å². The maximum atomic E-state index is 10.6. The number of allylic oxidation sites excluding steroid dienone is 3. The van der Waals surface area contributed by atoms with Gasteiger partial charge in [0.15, 0.2) is 0 Å². The van der Waals surface area contributed by atoms with Crippen LogP contribution < -0.4 is 0 Å². The van der Waals surface area contributed by atoms with Crippen LogP contribution in [0.3, 0.4) is 0 Å². The van der Waals surface area contributed by atoms with Crippen molar-refractivity contribution in [1.82, 2.24) is 0 Å². The second kappa shape index (κ2) is 6.23. The number of carboxylic acids is 1. The number of ether oxygens (including phenoxy) is 1. The van der Waals surface area contributed by atoms with Gasteiger partial charge in [-0.3, -0.25) is 0 Å². The number of halogens is 1. The Kier molecular flexibility index (Phi) is 5.39. The van der Waals surface area contributed by atoms with E-state index in [1.807, 2.05) is 20.8 Å². The van der Waals surface area contributed by atoms with Crippen molar-refractivity contribution >= 4 is 21.9 Å². The largest absolute Gasteiger partial charge is 0.478 e. The fourth-order valence-electron chi connectivity index (χ4n) is 2.17. The van der Waals surface area contributed by atoms with Crippen LogP contribution in [0.15, 0.2) is 22.7 Å². The summed E-state index contributed by atoms with van der Waals surface area (Å²) in [5.41, 5.74) is -0.199. The van der Waals surface area contributed by atoms with Crippen molar-refractivity contribution in [2.45, 2.75) is 58.7 Å². The Hall–Kier alpha value is -0.610. The van der Waals surface area contributed by atoms with Gasteiger partial charge < -0.3 is 9.84 Å². The molecule has 3 nitrogen and oxygen atoms in total. The number of carbonyl (C=O) groups is 1. The maximum Gasteiger partial charge on any atom is 0.327 e. The summed E-state index contributed by atoms with van der Waals surface area (Å²) in [5.74, 6) is -0.898. The van der Waals surface area contributed by atoms with E-state index in [1.54, 1.807) is 6.08 Å². The Balaban J connectivity index is 2.44. The number of carboxylic acid groups (broad SMARTS) is 1. The van der Waals surface area contributed by atoms with Crippen LogP contribution in [0.1, 0.15) is 47.0 Å². The lowest BCUT2D eigenvalue weighted by atomic mass is 9.84. The minimum absolute atomic E-state index is 0.0483. The SMILES string of the molecule is CC(Br)=CCCC1(C)OC1CC(C)(C)C=CC(=O)O. The zero-order valence-corrected chi connectivity index (χ0v) is 13.7. The first-order valence-corrected chi connectivity index (χ1v) is 7.36. The minimum atomic E-state index is -0.898. The first kappa shape index (κ1) is 16.4. The van der Waals surface area contributed by atoms with Crippen LogP contribution in [-0.2, 0) is 9.53 Å². The van der Waals surface area contributed by atoms with E-state index in [4.69, 9.17) is 9.84 Å². The summed E-state index contributed by atoms with van der Waals surface area (Å²) in [5, 5.41) is 8.67. The molecule has 0 spiro atoms. The molecule has 1 rings (SSSR count). The predicted molar refractivity (Wildman–Crippen MR) is 80.4 cm³/mol. The smallest absolute Gasteiger partial charge is 0.327 e. The Labute approximate surface area is 123 Å². The second-order valence-corrected chi connectivity index (χ2v) is 7.36. The van der Waals surface area contributed by atoms with Gasteiger partial charge in [0.1, 0.15) is 0 Å². The van der Waals surface area contributed by atoms with Gasteiger partial charge in [-0.15, -0.1) is 0 Å². The quantitative estimate of drug-likeness (QED) is 0.559. The molecular formula is C15H23BrO3. The summed E-state index contributed by atoms with van der Waals surface area (Å²) in [6.45, 7) is 8.23. The fourth-order valence-corrected chi connectivity index (χ4v) is 2.40. The van der Waals surface area contributed by atoms with Crippen molar-refractivity contribution in [3.05, 3.63) is 22.7 Å². The van der Waals surface area contributed by atoms with Crippen LogP contribution >= 0.6 is 15.9 Å². The van der Waals surface area contributed by atoms with Gasteiger partial charge in [0.05, 0.1) is 11.7 Å². The molecule has 0 saturated carbocycles. The van der Waals surface area contributed by atoms with Gasteiger partial charge >= 0.3 is 5.97 Å². The molecule has 0 amide bonds. The van der Waals surface area contributed by atoms with Gasteiger partial charge in [0.2, 0.25) is 0 Å². The van der Waals surface area contributed by atoms with Crippen molar-refractivity contribution in [2.24, 2.45) is 5.41 Å². The highest BCUT2D eigenvalue weighted by molar-refractivity contribution is 9.11. The van der Waals surface area contributed by atoms with Crippen molar-refractivity contribution in [1.29, 1.82) is 0 Å². The van der Waals surface area contributed by atoms with Crippen molar-refractivity contribution in [3.63, 3.8) is 0 Å². The molecule has 2 unspecified atom stereocenters. The van der Waals surface area contributed by atoms with E-state index in [0.29, 0.717) is 0 Å². The zero-order chi connectivity index (χ0) is 14.7. The van der Waals surface area contributed by atoms with Gasteiger partial charge in [0.25, 0.3) is 0 Å². The molecule has 0 radical (unpaired) electrons. The Morgan fingerprint density at radius 1 is 1.53 bits per heavy atom. The third kappa shape index (κ3) is 5.91. The van der Waals surface area contributed by atoms with Gasteiger partial charge in [-0.25, -0.2) is 4.79 Å². The third-order valence-electron chi connectivity index (χ3n) is 3.49. The molecule has 108 valence electrons. The first-order chi connectivity index (χ1) is 8.65. The lowest BCUT2D eigenvalue weighted by molar-refractivity contribution is -0.131. The molecule has 0 bridgehead atoms. The summed E-state index contributed by atoms with van der Waals surface area (Å²) >= 11 is 3.42. The molecule has 1 aliphatic heterocycles. The summed E-state index contributed by atoms with van der Waals surface area (Å²) in [4.78, 5) is 10.6. The van der Waals surface area contributed by atoms with Gasteiger partial charge in [-0.2, -0.15) is 0 Å². The average Bonchev–Trinajstić information content (AvgIpc) is 2.85. The van der Waals surface area contributed by atoms with E-state index in [9.17, 15) is 4.79 Å². The summed E-state index contributed by atoms with van der Waals surface area (Å²) in [6.07, 6.45) is 8.19. The molecule has 0 aliphatic carbocycles. The molecule has 0 aromatic carbocycles. The Morgan fingerprint density at radius 3 is 2.68 bits per heavy atom. The van der Waals surface area contributed by atoms with Crippen molar-refractivity contribution < 1.29 is 14.6 Å². The molecule has 1 aliphatic rings. The molecule has 4 heteroatoms. The maximum absolute atomic E-state index is 10.6. The highest BCUT2D eigenvalue weighted by Gasteiger charge is 2.52. The topological polar surface area (TPSA) is 49.8 Å². The van der Waals surface area contributed by atoms with Crippen molar-refractivity contribution in [2.75, 3.05) is 0 Å². The zero-order valence-electron chi connectivity index (χ0n) is 12.1. The van der Waals surface area contributed by atoms with Crippen LogP contribution in [-0.4, -0.2) is 22.8 Å². The second-order valence-electron chi connectivity index (χ2n) is 6.11. The monoisotopic (exact) mass is 330 g/mol. The van der Waals surface area contributed by atoms with E-state index < -0.39 is 5.97 Å². The number of aliphatic carboxylic acids is 1. The molecule has 1 N–H and O–H groups in total. The predicted octanol–water partition coefficient (Wildman–Crippen LogP) is 4.28. The van der Waals surface area contributed by atoms with Crippen LogP contribution in [0.2, 0.25) is 0 Å². The number of rotatable bonds is 7. The van der Waals surface area contributed by atoms with E-state index >= 15 is 0 Å². The Morgan fingerprint density at radius 2 is 2.16 bits per heavy atom. The van der Waals surface area contributed by atoms with Crippen LogP contribution in [0.5, 0.6) is 0 Å². The number of hydrogen-bond donors (Lipinski definition) is 1. The van der Waals surface area contributed by atoms with E-state index in [1.165, 1.54) is 6.08 Å². The van der Waals surface area contributed by atoms with E-state index in [2.05, 4.69) is 28.9 Å². The molecule has 0 aromatic rings. The van der Waals surface area contributed by atoms with Crippen LogP contribution in [0.25, 0.3) is 0 Å². The normalized spacial score (nSPS) is 27.8. The van der Waals surface area contributed by atoms with E-state index in [-0.39, 0.29) is 17.1 Å². The molecule has 2 atom stereocenters. The third-order valence-corrected chi connectivity index (χ3v) is 3.81. The fraction of sp³-hybridized carbons (Fsp3) is 0.667. The average molecular weight is 331 g/mol. The first-order valence-electron chi connectivity index (χ1n) is 6.57. The van der Waals surface area contributed by atoms with Crippen LogP contribution in [0.4, 0.5) is 0 Å². The standard InChI is InChI=1S/C15H23BrO3/c1-11(16)6-5-8-15(4)12(19-15)10-14(2,3)9-7-13(17)18/h6-7,9,12H,5,8,10H2,1-4H3,(H,17,18). The minimum Gasteiger partial charge on any atom is -0.478 e. The highest BCUT2D eigenvalue weighted by Crippen LogP contribution is 2.46. The van der Waals surface area contributed by atoms with Gasteiger partial charge in [-0.1, -0.05) is 41.9 Å². The summed E-state index contributed by atoms with van der Waals surface area (Å²) in [6, 6.07) is 0. The molecule has 1 saturated heterocycles. The lowest BCUT2D eigenvalue weighted by Gasteiger charge is -2.19. The van der Waals surface area contributed by atoms with Crippen molar-refractivity contribution in [3.8, 4) is 0 Å². The number of hydrogen-bond acceptors (Lipinski definition) is 2. The molecule has 0 aromatic heterocycles. The molecule has 1 heterocycles. The van der Waals surface area contributed by atoms with E-state index in [0.717, 1.165) is 23.7 Å². The molecule has 19 heavy (non-hydrogen) atoms. The lowest BCUT2D eigenvalue weighted by Crippen LogP contribution is -2.17. The molecular weight excluding hydrogens is 308 g/mol. The highest BCUT2D eigenvalue weighted by atomic mass is 79.9. The molecule has 1 fully saturated rings. The number of epoxide rings is 1. The summed E-state index contributed by atoms with van der Waals surface area (Å²) in [7, 11) is 0.